The van der Waals surface area contributed by atoms with E-state index in [-0.39, 0.29) is 11.8 Å². The molecule has 1 aromatic rings. The summed E-state index contributed by atoms with van der Waals surface area (Å²) in [4.78, 5) is 34.0. The zero-order chi connectivity index (χ0) is 18.4. The smallest absolute Gasteiger partial charge is 0.253 e. The Morgan fingerprint density at radius 1 is 1.00 bits per heavy atom. The summed E-state index contributed by atoms with van der Waals surface area (Å²) in [5.74, 6) is 1.58. The fourth-order valence-corrected chi connectivity index (χ4v) is 4.86. The first kappa shape index (κ1) is 17.2. The summed E-state index contributed by atoms with van der Waals surface area (Å²) in [7, 11) is 0. The Hall–Kier alpha value is -1.89. The number of imidazole rings is 1. The Labute approximate surface area is 159 Å². The Morgan fingerprint density at radius 3 is 2.41 bits per heavy atom. The summed E-state index contributed by atoms with van der Waals surface area (Å²) >= 11 is 0. The van der Waals surface area contributed by atoms with Crippen LogP contribution in [0.3, 0.4) is 0 Å². The number of piperidine rings is 2. The number of carbonyl (C=O) groups is 2. The van der Waals surface area contributed by atoms with E-state index in [0.29, 0.717) is 38.4 Å². The van der Waals surface area contributed by atoms with Crippen molar-refractivity contribution in [2.75, 3.05) is 26.2 Å². The molecule has 4 aliphatic rings. The molecule has 27 heavy (non-hydrogen) atoms. The lowest BCUT2D eigenvalue weighted by molar-refractivity contribution is -0.183. The van der Waals surface area contributed by atoms with Gasteiger partial charge in [0.05, 0.1) is 6.54 Å². The molecule has 7 heteroatoms. The van der Waals surface area contributed by atoms with Crippen LogP contribution in [0.15, 0.2) is 12.4 Å². The highest BCUT2D eigenvalue weighted by atomic mass is 16.5. The molecule has 0 bridgehead atoms. The zero-order valence-corrected chi connectivity index (χ0v) is 15.8. The SMILES string of the molecule is O=C(C1CC1)N1CCC2(CC1)OC(C(=O)N1CCCCC1)Cn1ccnc12. The minimum atomic E-state index is -0.543. The maximum atomic E-state index is 13.1. The molecule has 7 nitrogen and oxygen atoms in total. The molecule has 2 saturated heterocycles. The van der Waals surface area contributed by atoms with Crippen LogP contribution in [0.1, 0.15) is 50.8 Å². The Kier molecular flexibility index (Phi) is 4.22. The van der Waals surface area contributed by atoms with Crippen molar-refractivity contribution < 1.29 is 14.3 Å². The highest BCUT2D eigenvalue weighted by molar-refractivity contribution is 5.82. The Morgan fingerprint density at radius 2 is 1.70 bits per heavy atom. The second kappa shape index (κ2) is 6.62. The van der Waals surface area contributed by atoms with Crippen molar-refractivity contribution in [2.45, 2.75) is 63.2 Å². The molecule has 1 aliphatic carbocycles. The molecule has 1 atom stereocenters. The van der Waals surface area contributed by atoms with Crippen LogP contribution in [-0.4, -0.2) is 63.4 Å². The normalized spacial score (nSPS) is 27.5. The lowest BCUT2D eigenvalue weighted by atomic mass is 9.88. The van der Waals surface area contributed by atoms with Gasteiger partial charge in [0.15, 0.2) is 6.10 Å². The van der Waals surface area contributed by atoms with Crippen molar-refractivity contribution in [3.05, 3.63) is 18.2 Å². The highest BCUT2D eigenvalue weighted by Crippen LogP contribution is 2.41. The van der Waals surface area contributed by atoms with Crippen LogP contribution in [0.5, 0.6) is 0 Å². The fraction of sp³-hybridized carbons (Fsp3) is 0.750. The van der Waals surface area contributed by atoms with Gasteiger partial charge in [-0.15, -0.1) is 0 Å². The van der Waals surface area contributed by atoms with Crippen LogP contribution in [-0.2, 0) is 26.5 Å². The molecule has 2 amide bonds. The first-order chi connectivity index (χ1) is 13.2. The predicted octanol–water partition coefficient (Wildman–Crippen LogP) is 1.52. The van der Waals surface area contributed by atoms with Crippen molar-refractivity contribution in [1.82, 2.24) is 19.4 Å². The van der Waals surface area contributed by atoms with E-state index in [1.54, 1.807) is 6.20 Å². The van der Waals surface area contributed by atoms with E-state index in [0.717, 1.165) is 44.6 Å². The van der Waals surface area contributed by atoms with Gasteiger partial charge in [-0.25, -0.2) is 4.98 Å². The Bertz CT molecular complexity index is 727. The molecular weight excluding hydrogens is 344 g/mol. The average molecular weight is 372 g/mol. The average Bonchev–Trinajstić information content (AvgIpc) is 3.45. The van der Waals surface area contributed by atoms with Crippen LogP contribution in [0, 0.1) is 5.92 Å². The molecular formula is C20H28N4O3. The molecule has 0 radical (unpaired) electrons. The highest BCUT2D eigenvalue weighted by Gasteiger charge is 2.49. The summed E-state index contributed by atoms with van der Waals surface area (Å²) in [6.45, 7) is 3.59. The number of likely N-dealkylation sites (tertiary alicyclic amines) is 2. The van der Waals surface area contributed by atoms with Gasteiger partial charge in [0.2, 0.25) is 5.91 Å². The fourth-order valence-electron chi connectivity index (χ4n) is 4.86. The lowest BCUT2D eigenvalue weighted by Gasteiger charge is -2.46. The van der Waals surface area contributed by atoms with Crippen LogP contribution in [0.25, 0.3) is 0 Å². The van der Waals surface area contributed by atoms with Gasteiger partial charge in [0.25, 0.3) is 5.91 Å². The molecule has 1 spiro atoms. The molecule has 1 saturated carbocycles. The number of aromatic nitrogens is 2. The summed E-state index contributed by atoms with van der Waals surface area (Å²) in [6, 6.07) is 0. The number of amides is 2. The summed E-state index contributed by atoms with van der Waals surface area (Å²) in [6.07, 6.45) is 10.2. The number of ether oxygens (including phenoxy) is 1. The van der Waals surface area contributed by atoms with Gasteiger partial charge in [-0.05, 0) is 32.1 Å². The van der Waals surface area contributed by atoms with E-state index in [9.17, 15) is 9.59 Å². The molecule has 146 valence electrons. The number of hydrogen-bond donors (Lipinski definition) is 0. The second-order valence-electron chi connectivity index (χ2n) is 8.49. The van der Waals surface area contributed by atoms with Gasteiger partial charge < -0.3 is 19.1 Å². The topological polar surface area (TPSA) is 67.7 Å². The maximum absolute atomic E-state index is 13.1. The van der Waals surface area contributed by atoms with Crippen LogP contribution in [0.4, 0.5) is 0 Å². The van der Waals surface area contributed by atoms with E-state index in [1.165, 1.54) is 6.42 Å². The molecule has 4 heterocycles. The summed E-state index contributed by atoms with van der Waals surface area (Å²) in [5.41, 5.74) is -0.543. The van der Waals surface area contributed by atoms with Crippen molar-refractivity contribution >= 4 is 11.8 Å². The molecule has 5 rings (SSSR count). The molecule has 1 aromatic heterocycles. The number of carbonyl (C=O) groups excluding carboxylic acids is 2. The molecule has 0 N–H and O–H groups in total. The van der Waals surface area contributed by atoms with Crippen LogP contribution < -0.4 is 0 Å². The number of rotatable bonds is 2. The van der Waals surface area contributed by atoms with Crippen molar-refractivity contribution in [3.8, 4) is 0 Å². The minimum Gasteiger partial charge on any atom is -0.352 e. The molecule has 3 fully saturated rings. The molecule has 1 unspecified atom stereocenters. The van der Waals surface area contributed by atoms with Gasteiger partial charge >= 0.3 is 0 Å². The monoisotopic (exact) mass is 372 g/mol. The largest absolute Gasteiger partial charge is 0.352 e. The van der Waals surface area contributed by atoms with E-state index < -0.39 is 11.7 Å². The number of hydrogen-bond acceptors (Lipinski definition) is 4. The van der Waals surface area contributed by atoms with E-state index in [1.807, 2.05) is 16.0 Å². The van der Waals surface area contributed by atoms with Gasteiger partial charge in [0.1, 0.15) is 11.4 Å². The zero-order valence-electron chi connectivity index (χ0n) is 15.8. The quantitative estimate of drug-likeness (QED) is 0.789. The van der Waals surface area contributed by atoms with Crippen LogP contribution >= 0.6 is 0 Å². The van der Waals surface area contributed by atoms with E-state index in [2.05, 4.69) is 9.55 Å². The van der Waals surface area contributed by atoms with Crippen molar-refractivity contribution in [2.24, 2.45) is 5.92 Å². The first-order valence-corrected chi connectivity index (χ1v) is 10.4. The van der Waals surface area contributed by atoms with Gasteiger partial charge in [-0.3, -0.25) is 9.59 Å². The lowest BCUT2D eigenvalue weighted by Crippen LogP contribution is -2.55. The number of fused-ring (bicyclic) bond motifs is 2. The van der Waals surface area contributed by atoms with Gasteiger partial charge in [-0.2, -0.15) is 0 Å². The third-order valence-corrected chi connectivity index (χ3v) is 6.61. The minimum absolute atomic E-state index is 0.116. The first-order valence-electron chi connectivity index (χ1n) is 10.4. The summed E-state index contributed by atoms with van der Waals surface area (Å²) < 4.78 is 8.60. The third kappa shape index (κ3) is 3.06. The Balaban J connectivity index is 1.34. The number of nitrogens with zero attached hydrogens (tertiary/aromatic N) is 4. The molecule has 3 aliphatic heterocycles. The second-order valence-corrected chi connectivity index (χ2v) is 8.49. The van der Waals surface area contributed by atoms with Crippen LogP contribution in [0.2, 0.25) is 0 Å². The predicted molar refractivity (Wildman–Crippen MR) is 97.7 cm³/mol. The van der Waals surface area contributed by atoms with Crippen molar-refractivity contribution in [3.63, 3.8) is 0 Å². The van der Waals surface area contributed by atoms with Gasteiger partial charge in [-0.1, -0.05) is 0 Å². The van der Waals surface area contributed by atoms with E-state index >= 15 is 0 Å². The van der Waals surface area contributed by atoms with Gasteiger partial charge in [0, 0.05) is 57.3 Å². The maximum Gasteiger partial charge on any atom is 0.253 e. The van der Waals surface area contributed by atoms with Crippen molar-refractivity contribution in [1.29, 1.82) is 0 Å². The third-order valence-electron chi connectivity index (χ3n) is 6.61. The standard InChI is InChI=1S/C20H28N4O3/c25-17(15-4-5-15)23-11-6-20(7-12-23)19-21-8-13-24(19)14-16(27-20)18(26)22-9-2-1-3-10-22/h8,13,15-16H,1-7,9-12,14H2. The summed E-state index contributed by atoms with van der Waals surface area (Å²) in [5, 5.41) is 0. The molecule has 0 aromatic carbocycles. The van der Waals surface area contributed by atoms with E-state index in [4.69, 9.17) is 4.74 Å².